The van der Waals surface area contributed by atoms with Crippen molar-refractivity contribution < 1.29 is 22.6 Å². The molecule has 2 aromatic carbocycles. The molecule has 0 spiro atoms. The Kier molecular flexibility index (Phi) is 8.62. The van der Waals surface area contributed by atoms with Crippen LogP contribution in [0, 0.1) is 0 Å². The van der Waals surface area contributed by atoms with E-state index in [-0.39, 0.29) is 17.8 Å². The molecule has 5 nitrogen and oxygen atoms in total. The molecule has 0 amide bonds. The van der Waals surface area contributed by atoms with Gasteiger partial charge in [-0.25, -0.2) is 0 Å². The molecule has 0 radical (unpaired) electrons. The van der Waals surface area contributed by atoms with Crippen LogP contribution in [-0.2, 0) is 10.9 Å². The lowest BCUT2D eigenvalue weighted by Gasteiger charge is -2.35. The minimum atomic E-state index is -4.46. The lowest BCUT2D eigenvalue weighted by molar-refractivity contribution is -0.136. The number of ether oxygens (including phenoxy) is 2. The second-order valence-corrected chi connectivity index (χ2v) is 10.1. The van der Waals surface area contributed by atoms with E-state index in [4.69, 9.17) is 27.4 Å². The lowest BCUT2D eigenvalue weighted by Crippen LogP contribution is -2.40. The van der Waals surface area contributed by atoms with E-state index in [2.05, 4.69) is 22.3 Å². The second kappa shape index (κ2) is 11.7. The van der Waals surface area contributed by atoms with Gasteiger partial charge in [-0.3, -0.25) is 0 Å². The summed E-state index contributed by atoms with van der Waals surface area (Å²) in [6.45, 7) is 2.30. The highest BCUT2D eigenvalue weighted by Crippen LogP contribution is 2.36. The SMILES string of the molecule is COc1ccc(C2CCN(C(=S)COC3CCC(Nc4ccc(N)c(C(F)(F)F)c4)CC3)CC2)cc1. The van der Waals surface area contributed by atoms with E-state index in [1.54, 1.807) is 13.2 Å². The summed E-state index contributed by atoms with van der Waals surface area (Å²) in [5.74, 6) is 1.41. The van der Waals surface area contributed by atoms with Crippen LogP contribution >= 0.6 is 12.2 Å². The Hall–Kier alpha value is -2.52. The fourth-order valence-corrected chi connectivity index (χ4v) is 5.37. The van der Waals surface area contributed by atoms with Crippen molar-refractivity contribution in [2.45, 2.75) is 62.8 Å². The van der Waals surface area contributed by atoms with Crippen LogP contribution in [0.2, 0.25) is 0 Å². The largest absolute Gasteiger partial charge is 0.497 e. The molecule has 2 fully saturated rings. The number of nitrogens with zero attached hydrogens (tertiary/aromatic N) is 1. The van der Waals surface area contributed by atoms with Crippen molar-refractivity contribution in [2.75, 3.05) is 37.9 Å². The summed E-state index contributed by atoms with van der Waals surface area (Å²) in [4.78, 5) is 3.10. The summed E-state index contributed by atoms with van der Waals surface area (Å²) in [7, 11) is 1.68. The Morgan fingerprint density at radius 1 is 1.03 bits per heavy atom. The zero-order valence-corrected chi connectivity index (χ0v) is 21.3. The topological polar surface area (TPSA) is 59.8 Å². The molecule has 0 unspecified atom stereocenters. The molecule has 196 valence electrons. The van der Waals surface area contributed by atoms with Gasteiger partial charge in [0.15, 0.2) is 0 Å². The van der Waals surface area contributed by atoms with Gasteiger partial charge in [0.1, 0.15) is 10.7 Å². The number of methoxy groups -OCH3 is 1. The first-order valence-corrected chi connectivity index (χ1v) is 12.9. The number of anilines is 2. The van der Waals surface area contributed by atoms with E-state index in [0.29, 0.717) is 18.2 Å². The predicted octanol–water partition coefficient (Wildman–Crippen LogP) is 6.24. The van der Waals surface area contributed by atoms with Crippen molar-refractivity contribution >= 4 is 28.6 Å². The summed E-state index contributed by atoms with van der Waals surface area (Å²) in [6.07, 6.45) is 1.13. The fraction of sp³-hybridized carbons (Fsp3) is 0.519. The minimum absolute atomic E-state index is 0.110. The highest BCUT2D eigenvalue weighted by molar-refractivity contribution is 7.80. The van der Waals surface area contributed by atoms with Gasteiger partial charge in [0.05, 0.1) is 25.4 Å². The van der Waals surface area contributed by atoms with Crippen molar-refractivity contribution in [2.24, 2.45) is 0 Å². The number of halogens is 3. The van der Waals surface area contributed by atoms with Gasteiger partial charge in [-0.05, 0) is 80.3 Å². The minimum Gasteiger partial charge on any atom is -0.497 e. The van der Waals surface area contributed by atoms with E-state index in [1.165, 1.54) is 11.6 Å². The zero-order valence-electron chi connectivity index (χ0n) is 20.5. The van der Waals surface area contributed by atoms with Crippen LogP contribution in [0.4, 0.5) is 24.5 Å². The number of benzene rings is 2. The number of nitrogen functional groups attached to an aromatic ring is 1. The summed E-state index contributed by atoms with van der Waals surface area (Å²) in [5.41, 5.74) is 6.23. The summed E-state index contributed by atoms with van der Waals surface area (Å²) in [5, 5.41) is 3.23. The Morgan fingerprint density at radius 2 is 1.69 bits per heavy atom. The van der Waals surface area contributed by atoms with E-state index < -0.39 is 11.7 Å². The van der Waals surface area contributed by atoms with Crippen molar-refractivity contribution in [3.05, 3.63) is 53.6 Å². The van der Waals surface area contributed by atoms with Gasteiger partial charge < -0.3 is 25.4 Å². The maximum absolute atomic E-state index is 13.1. The summed E-state index contributed by atoms with van der Waals surface area (Å²) >= 11 is 5.66. The van der Waals surface area contributed by atoms with Gasteiger partial charge in [-0.15, -0.1) is 0 Å². The van der Waals surface area contributed by atoms with Crippen LogP contribution in [0.3, 0.4) is 0 Å². The highest BCUT2D eigenvalue weighted by atomic mass is 32.1. The number of alkyl halides is 3. The predicted molar refractivity (Wildman–Crippen MR) is 141 cm³/mol. The van der Waals surface area contributed by atoms with Gasteiger partial charge >= 0.3 is 6.18 Å². The Bertz CT molecular complexity index is 1020. The number of rotatable bonds is 7. The number of hydrogen-bond acceptors (Lipinski definition) is 5. The molecule has 1 aliphatic heterocycles. The van der Waals surface area contributed by atoms with Gasteiger partial charge in [-0.2, -0.15) is 13.2 Å². The van der Waals surface area contributed by atoms with Crippen LogP contribution in [0.5, 0.6) is 5.75 Å². The molecule has 2 aromatic rings. The molecule has 1 saturated heterocycles. The van der Waals surface area contributed by atoms with E-state index >= 15 is 0 Å². The van der Waals surface area contributed by atoms with Crippen LogP contribution < -0.4 is 15.8 Å². The second-order valence-electron chi connectivity index (χ2n) is 9.66. The summed E-state index contributed by atoms with van der Waals surface area (Å²) in [6, 6.07) is 12.4. The van der Waals surface area contributed by atoms with Crippen LogP contribution in [0.15, 0.2) is 42.5 Å². The third-order valence-corrected chi connectivity index (χ3v) is 7.66. The number of nitrogens with two attached hydrogens (primary N) is 1. The Balaban J connectivity index is 1.17. The normalized spacial score (nSPS) is 21.3. The maximum atomic E-state index is 13.1. The first kappa shape index (κ1) is 26.5. The number of thiocarbonyl (C=S) groups is 1. The van der Waals surface area contributed by atoms with E-state index in [0.717, 1.165) is 68.4 Å². The average Bonchev–Trinajstić information content (AvgIpc) is 2.88. The Labute approximate surface area is 216 Å². The molecular formula is C27H34F3N3O2S. The maximum Gasteiger partial charge on any atom is 0.418 e. The van der Waals surface area contributed by atoms with Crippen molar-refractivity contribution in [1.29, 1.82) is 0 Å². The van der Waals surface area contributed by atoms with E-state index in [9.17, 15) is 13.2 Å². The first-order valence-electron chi connectivity index (χ1n) is 12.5. The van der Waals surface area contributed by atoms with Crippen molar-refractivity contribution in [3.63, 3.8) is 0 Å². The Morgan fingerprint density at radius 3 is 2.31 bits per heavy atom. The van der Waals surface area contributed by atoms with Gasteiger partial charge in [0.2, 0.25) is 0 Å². The number of likely N-dealkylation sites (tertiary alicyclic amines) is 1. The number of piperidine rings is 1. The molecule has 0 atom stereocenters. The molecule has 36 heavy (non-hydrogen) atoms. The van der Waals surface area contributed by atoms with Crippen LogP contribution in [-0.4, -0.2) is 48.8 Å². The first-order chi connectivity index (χ1) is 17.2. The molecule has 1 aliphatic carbocycles. The van der Waals surface area contributed by atoms with Crippen molar-refractivity contribution in [1.82, 2.24) is 4.90 Å². The molecule has 2 aliphatic rings. The van der Waals surface area contributed by atoms with Gasteiger partial charge in [0.25, 0.3) is 0 Å². The van der Waals surface area contributed by atoms with Gasteiger partial charge in [-0.1, -0.05) is 24.4 Å². The van der Waals surface area contributed by atoms with E-state index in [1.807, 2.05) is 12.1 Å². The molecule has 1 heterocycles. The number of nitrogens with one attached hydrogen (secondary N) is 1. The standard InChI is InChI=1S/C27H34F3N3O2S/c1-34-22-7-2-18(3-8-22)19-12-14-33(15-13-19)26(36)17-35-23-9-4-20(5-10-23)32-21-6-11-25(31)24(16-21)27(28,29)30/h2-3,6-8,11,16,19-20,23,32H,4-5,9-10,12-15,17,31H2,1H3. The highest BCUT2D eigenvalue weighted by Gasteiger charge is 2.33. The molecule has 9 heteroatoms. The monoisotopic (exact) mass is 521 g/mol. The molecule has 1 saturated carbocycles. The zero-order chi connectivity index (χ0) is 25.7. The van der Waals surface area contributed by atoms with Crippen molar-refractivity contribution in [3.8, 4) is 5.75 Å². The van der Waals surface area contributed by atoms with Crippen LogP contribution in [0.25, 0.3) is 0 Å². The molecule has 4 rings (SSSR count). The lowest BCUT2D eigenvalue weighted by atomic mass is 9.89. The fourth-order valence-electron chi connectivity index (χ4n) is 5.12. The van der Waals surface area contributed by atoms with Gasteiger partial charge in [0, 0.05) is 30.5 Å². The molecule has 0 bridgehead atoms. The van der Waals surface area contributed by atoms with Crippen LogP contribution in [0.1, 0.15) is 55.6 Å². The average molecular weight is 522 g/mol. The number of hydrogen-bond donors (Lipinski definition) is 2. The third-order valence-electron chi connectivity index (χ3n) is 7.28. The third kappa shape index (κ3) is 6.82. The quantitative estimate of drug-likeness (QED) is 0.332. The molecule has 0 aromatic heterocycles. The molecular weight excluding hydrogens is 487 g/mol. The smallest absolute Gasteiger partial charge is 0.418 e. The summed E-state index contributed by atoms with van der Waals surface area (Å²) < 4.78 is 50.7. The molecule has 3 N–H and O–H groups in total.